The molecule has 1 aliphatic rings. The van der Waals surface area contributed by atoms with Crippen molar-refractivity contribution in [2.24, 2.45) is 0 Å². The van der Waals surface area contributed by atoms with Gasteiger partial charge < -0.3 is 10.1 Å². The van der Waals surface area contributed by atoms with Gasteiger partial charge in [-0.3, -0.25) is 14.6 Å². The van der Waals surface area contributed by atoms with E-state index in [4.69, 9.17) is 4.74 Å². The molecule has 29 heavy (non-hydrogen) atoms. The number of aromatic nitrogens is 2. The van der Waals surface area contributed by atoms with Crippen molar-refractivity contribution in [2.45, 2.75) is 44.4 Å². The Morgan fingerprint density at radius 2 is 1.90 bits per heavy atom. The third kappa shape index (κ3) is 5.66. The van der Waals surface area contributed by atoms with E-state index in [2.05, 4.69) is 15.3 Å². The minimum absolute atomic E-state index is 0.00854. The zero-order chi connectivity index (χ0) is 21.0. The third-order valence-corrected chi connectivity index (χ3v) is 4.87. The summed E-state index contributed by atoms with van der Waals surface area (Å²) in [6, 6.07) is 5.82. The van der Waals surface area contributed by atoms with Crippen LogP contribution in [0.2, 0.25) is 0 Å². The molecule has 0 spiro atoms. The van der Waals surface area contributed by atoms with Gasteiger partial charge in [0.2, 0.25) is 0 Å². The molecule has 9 heteroatoms. The van der Waals surface area contributed by atoms with Crippen molar-refractivity contribution in [1.29, 1.82) is 0 Å². The van der Waals surface area contributed by atoms with Crippen LogP contribution in [-0.2, 0) is 6.18 Å². The predicted octanol–water partition coefficient (Wildman–Crippen LogP) is 3.30. The van der Waals surface area contributed by atoms with Crippen molar-refractivity contribution < 1.29 is 22.7 Å². The zero-order valence-corrected chi connectivity index (χ0v) is 15.9. The van der Waals surface area contributed by atoms with E-state index in [0.29, 0.717) is 5.56 Å². The second kappa shape index (κ2) is 8.77. The van der Waals surface area contributed by atoms with E-state index in [1.165, 1.54) is 12.1 Å². The van der Waals surface area contributed by atoms with Crippen LogP contribution >= 0.6 is 0 Å². The summed E-state index contributed by atoms with van der Waals surface area (Å²) in [5.74, 6) is -0.710. The summed E-state index contributed by atoms with van der Waals surface area (Å²) in [6.45, 7) is 3.34. The second-order valence-corrected chi connectivity index (χ2v) is 7.15. The Balaban J connectivity index is 1.68. The topological polar surface area (TPSA) is 84.1 Å². The van der Waals surface area contributed by atoms with Crippen molar-refractivity contribution >= 4 is 5.78 Å². The number of benzene rings is 1. The van der Waals surface area contributed by atoms with Crippen LogP contribution in [0.3, 0.4) is 0 Å². The fourth-order valence-corrected chi connectivity index (χ4v) is 3.21. The number of carbonyl (C=O) groups excluding carboxylic acids is 1. The Morgan fingerprint density at radius 3 is 2.52 bits per heavy atom. The number of Topliss-reactive ketones (excluding diaryl/α,β-unsaturated/α-hetero) is 1. The Labute approximate surface area is 165 Å². The van der Waals surface area contributed by atoms with E-state index < -0.39 is 17.3 Å². The van der Waals surface area contributed by atoms with Crippen LogP contribution in [0.1, 0.15) is 53.7 Å². The highest BCUT2D eigenvalue weighted by Gasteiger charge is 2.30. The summed E-state index contributed by atoms with van der Waals surface area (Å²) in [5, 5.41) is 3.20. The van der Waals surface area contributed by atoms with E-state index in [-0.39, 0.29) is 35.9 Å². The molecular weight excluding hydrogens is 387 g/mol. The summed E-state index contributed by atoms with van der Waals surface area (Å²) in [6.07, 6.45) is -2.94. The number of ketones is 1. The average molecular weight is 409 g/mol. The average Bonchev–Trinajstić information content (AvgIpc) is 2.67. The fraction of sp³-hybridized carbons (Fsp3) is 0.450. The van der Waals surface area contributed by atoms with Crippen molar-refractivity contribution in [3.05, 3.63) is 57.5 Å². The largest absolute Gasteiger partial charge is 0.461 e. The first kappa shape index (κ1) is 21.0. The maximum atomic E-state index is 12.7. The summed E-state index contributed by atoms with van der Waals surface area (Å²) >= 11 is 0. The Hall–Kier alpha value is -2.68. The monoisotopic (exact) mass is 409 g/mol. The number of H-pyrrole nitrogens is 1. The standard InChI is InChI=1S/C20H22F3N3O3/c1-12(13-2-4-14(5-3-13)20(21,22)23)10-17(27)16-11-18(28)26-19(25-16)29-15-6-8-24-9-7-15/h2-5,11-12,15,24H,6-10H2,1H3,(H,25,26,28). The van der Waals surface area contributed by atoms with E-state index in [1.807, 2.05) is 0 Å². The molecule has 156 valence electrons. The lowest BCUT2D eigenvalue weighted by molar-refractivity contribution is -0.137. The van der Waals surface area contributed by atoms with Crippen LogP contribution < -0.4 is 15.6 Å². The summed E-state index contributed by atoms with van der Waals surface area (Å²) in [4.78, 5) is 31.1. The normalized spacial score (nSPS) is 16.4. The minimum atomic E-state index is -4.41. The highest BCUT2D eigenvalue weighted by molar-refractivity contribution is 5.94. The molecule has 1 aliphatic heterocycles. The van der Waals surface area contributed by atoms with Crippen LogP contribution in [0.15, 0.2) is 35.1 Å². The van der Waals surface area contributed by atoms with E-state index in [0.717, 1.165) is 44.1 Å². The lowest BCUT2D eigenvalue weighted by atomic mass is 9.94. The number of halogens is 3. The Bertz CT molecular complexity index is 904. The van der Waals surface area contributed by atoms with Gasteiger partial charge in [0.25, 0.3) is 11.6 Å². The number of ether oxygens (including phenoxy) is 1. The molecule has 3 rings (SSSR count). The Kier molecular flexibility index (Phi) is 6.36. The van der Waals surface area contributed by atoms with Gasteiger partial charge >= 0.3 is 6.18 Å². The summed E-state index contributed by atoms with van der Waals surface area (Å²) in [5.41, 5.74) is -0.649. The third-order valence-electron chi connectivity index (χ3n) is 4.87. The minimum Gasteiger partial charge on any atom is -0.461 e. The molecule has 1 unspecified atom stereocenters. The number of aromatic amines is 1. The number of hydrogen-bond acceptors (Lipinski definition) is 5. The van der Waals surface area contributed by atoms with E-state index in [9.17, 15) is 22.8 Å². The van der Waals surface area contributed by atoms with E-state index in [1.54, 1.807) is 6.92 Å². The molecule has 2 aromatic rings. The van der Waals surface area contributed by atoms with Gasteiger partial charge in [-0.05, 0) is 49.5 Å². The second-order valence-electron chi connectivity index (χ2n) is 7.15. The quantitative estimate of drug-likeness (QED) is 0.716. The van der Waals surface area contributed by atoms with Gasteiger partial charge in [-0.15, -0.1) is 0 Å². The number of nitrogens with one attached hydrogen (secondary N) is 2. The van der Waals surface area contributed by atoms with Crippen LogP contribution in [0.4, 0.5) is 13.2 Å². The molecule has 0 saturated carbocycles. The van der Waals surface area contributed by atoms with Gasteiger partial charge in [-0.2, -0.15) is 18.2 Å². The number of carbonyl (C=O) groups is 1. The SMILES string of the molecule is CC(CC(=O)c1cc(=O)[nH]c(OC2CCNCC2)n1)c1ccc(C(F)(F)F)cc1. The molecule has 1 aromatic carbocycles. The number of rotatable bonds is 6. The summed E-state index contributed by atoms with van der Waals surface area (Å²) in [7, 11) is 0. The van der Waals surface area contributed by atoms with Gasteiger partial charge in [0.05, 0.1) is 5.56 Å². The first-order valence-corrected chi connectivity index (χ1v) is 9.41. The molecule has 1 aromatic heterocycles. The number of piperidine rings is 1. The highest BCUT2D eigenvalue weighted by atomic mass is 19.4. The lowest BCUT2D eigenvalue weighted by Gasteiger charge is -2.22. The molecule has 0 bridgehead atoms. The maximum Gasteiger partial charge on any atom is 0.416 e. The van der Waals surface area contributed by atoms with Gasteiger partial charge in [-0.1, -0.05) is 19.1 Å². The Morgan fingerprint density at radius 1 is 1.24 bits per heavy atom. The first-order valence-electron chi connectivity index (χ1n) is 9.41. The van der Waals surface area contributed by atoms with Crippen molar-refractivity contribution in [2.75, 3.05) is 13.1 Å². The zero-order valence-electron chi connectivity index (χ0n) is 15.9. The molecule has 0 radical (unpaired) electrons. The van der Waals surface area contributed by atoms with Crippen LogP contribution in [0.25, 0.3) is 0 Å². The number of hydrogen-bond donors (Lipinski definition) is 2. The molecule has 6 nitrogen and oxygen atoms in total. The fourth-order valence-electron chi connectivity index (χ4n) is 3.21. The van der Waals surface area contributed by atoms with Gasteiger partial charge in [0.1, 0.15) is 11.8 Å². The number of alkyl halides is 3. The van der Waals surface area contributed by atoms with Crippen LogP contribution in [-0.4, -0.2) is 34.9 Å². The number of nitrogens with zero attached hydrogens (tertiary/aromatic N) is 1. The predicted molar refractivity (Wildman–Crippen MR) is 100 cm³/mol. The van der Waals surface area contributed by atoms with Crippen LogP contribution in [0, 0.1) is 0 Å². The molecule has 1 atom stereocenters. The molecule has 0 amide bonds. The van der Waals surface area contributed by atoms with Gasteiger partial charge in [-0.25, -0.2) is 0 Å². The first-order chi connectivity index (χ1) is 13.7. The smallest absolute Gasteiger partial charge is 0.416 e. The molecule has 1 fully saturated rings. The molecular formula is C20H22F3N3O3. The highest BCUT2D eigenvalue weighted by Crippen LogP contribution is 2.30. The molecule has 1 saturated heterocycles. The van der Waals surface area contributed by atoms with Crippen molar-refractivity contribution in [1.82, 2.24) is 15.3 Å². The van der Waals surface area contributed by atoms with Crippen molar-refractivity contribution in [3.63, 3.8) is 0 Å². The van der Waals surface area contributed by atoms with Crippen LogP contribution in [0.5, 0.6) is 6.01 Å². The van der Waals surface area contributed by atoms with Gasteiger partial charge in [0.15, 0.2) is 5.78 Å². The summed E-state index contributed by atoms with van der Waals surface area (Å²) < 4.78 is 43.8. The lowest BCUT2D eigenvalue weighted by Crippen LogP contribution is -2.34. The van der Waals surface area contributed by atoms with Crippen molar-refractivity contribution in [3.8, 4) is 6.01 Å². The molecule has 0 aliphatic carbocycles. The van der Waals surface area contributed by atoms with E-state index >= 15 is 0 Å². The maximum absolute atomic E-state index is 12.7. The van der Waals surface area contributed by atoms with Gasteiger partial charge in [0, 0.05) is 12.5 Å². The molecule has 2 N–H and O–H groups in total. The molecule has 2 heterocycles.